The number of likely N-dealkylation sites (tertiary alicyclic amines) is 2. The van der Waals surface area contributed by atoms with Crippen LogP contribution in [0.25, 0.3) is 0 Å². The van der Waals surface area contributed by atoms with Crippen molar-refractivity contribution in [3.63, 3.8) is 0 Å². The number of carbonyl (C=O) groups is 1. The van der Waals surface area contributed by atoms with Gasteiger partial charge in [0.05, 0.1) is 13.7 Å². The van der Waals surface area contributed by atoms with Crippen molar-refractivity contribution in [1.29, 1.82) is 0 Å². The van der Waals surface area contributed by atoms with E-state index in [9.17, 15) is 4.79 Å². The van der Waals surface area contributed by atoms with Crippen LogP contribution < -0.4 is 15.4 Å². The Hall–Kier alpha value is -1.75. The van der Waals surface area contributed by atoms with Crippen LogP contribution in [0.1, 0.15) is 38.2 Å². The molecule has 8 nitrogen and oxygen atoms in total. The van der Waals surface area contributed by atoms with Gasteiger partial charge in [-0.1, -0.05) is 12.1 Å². The highest BCUT2D eigenvalue weighted by Crippen LogP contribution is 2.20. The molecule has 2 aliphatic heterocycles. The van der Waals surface area contributed by atoms with E-state index in [1.165, 1.54) is 18.4 Å². The van der Waals surface area contributed by atoms with E-state index in [0.717, 1.165) is 63.8 Å². The molecule has 2 N–H and O–H groups in total. The van der Waals surface area contributed by atoms with Gasteiger partial charge < -0.3 is 25.0 Å². The lowest BCUT2D eigenvalue weighted by molar-refractivity contribution is 0.0963. The number of nitrogens with one attached hydrogen (secondary N) is 2. The van der Waals surface area contributed by atoms with E-state index in [-0.39, 0.29) is 30.1 Å². The normalized spacial score (nSPS) is 18.4. The van der Waals surface area contributed by atoms with E-state index < -0.39 is 0 Å². The molecule has 1 aromatic rings. The Morgan fingerprint density at radius 1 is 1.09 bits per heavy atom. The first kappa shape index (κ1) is 27.5. The number of piperidine rings is 2. The molecule has 0 radical (unpaired) electrons. The second-order valence-electron chi connectivity index (χ2n) is 8.63. The summed E-state index contributed by atoms with van der Waals surface area (Å²) < 4.78 is 10.3. The molecule has 1 aromatic carbocycles. The van der Waals surface area contributed by atoms with Crippen LogP contribution in [0.5, 0.6) is 5.75 Å². The standard InChI is InChI=1S/C24H39N5O3.HI/c1-4-32-24(30)29-15-11-21(12-16-29)27-23(25-2)26-17-19-9-13-28(14-10-19)18-20-5-7-22(31-3)8-6-20;/h5-8,19,21H,4,9-18H2,1-3H3,(H2,25,26,27);1H. The lowest BCUT2D eigenvalue weighted by atomic mass is 9.96. The largest absolute Gasteiger partial charge is 0.497 e. The number of ether oxygens (including phenoxy) is 2. The number of halogens is 1. The summed E-state index contributed by atoms with van der Waals surface area (Å²) in [6, 6.07) is 8.70. The van der Waals surface area contributed by atoms with Crippen LogP contribution in [-0.2, 0) is 11.3 Å². The molecule has 2 aliphatic rings. The molecule has 2 heterocycles. The Morgan fingerprint density at radius 2 is 1.76 bits per heavy atom. The van der Waals surface area contributed by atoms with Gasteiger partial charge in [0, 0.05) is 39.3 Å². The van der Waals surface area contributed by atoms with Crippen LogP contribution in [0.15, 0.2) is 29.3 Å². The highest BCUT2D eigenvalue weighted by molar-refractivity contribution is 14.0. The first-order valence-corrected chi connectivity index (χ1v) is 11.9. The Balaban J connectivity index is 0.00000385. The molecule has 0 spiro atoms. The highest BCUT2D eigenvalue weighted by Gasteiger charge is 2.24. The fourth-order valence-electron chi connectivity index (χ4n) is 4.39. The molecule has 0 atom stereocenters. The van der Waals surface area contributed by atoms with E-state index in [4.69, 9.17) is 9.47 Å². The maximum atomic E-state index is 11.9. The molecular formula is C24H40IN5O3. The summed E-state index contributed by atoms with van der Waals surface area (Å²) in [4.78, 5) is 20.6. The van der Waals surface area contributed by atoms with Gasteiger partial charge in [0.25, 0.3) is 0 Å². The van der Waals surface area contributed by atoms with Crippen LogP contribution in [0.2, 0.25) is 0 Å². The molecule has 0 aromatic heterocycles. The number of amides is 1. The van der Waals surface area contributed by atoms with E-state index in [1.807, 2.05) is 26.1 Å². The lowest BCUT2D eigenvalue weighted by Gasteiger charge is -2.34. The molecule has 2 fully saturated rings. The Bertz CT molecular complexity index is 730. The summed E-state index contributed by atoms with van der Waals surface area (Å²) >= 11 is 0. The van der Waals surface area contributed by atoms with Crippen LogP contribution in [-0.4, -0.2) is 81.4 Å². The summed E-state index contributed by atoms with van der Waals surface area (Å²) in [6.07, 6.45) is 4.00. The van der Waals surface area contributed by atoms with Gasteiger partial charge in [0.1, 0.15) is 5.75 Å². The number of benzene rings is 1. The molecule has 0 bridgehead atoms. The van der Waals surface area contributed by atoms with Gasteiger partial charge in [-0.2, -0.15) is 0 Å². The van der Waals surface area contributed by atoms with Crippen LogP contribution in [0, 0.1) is 5.92 Å². The van der Waals surface area contributed by atoms with Gasteiger partial charge in [-0.15, -0.1) is 24.0 Å². The molecule has 1 amide bonds. The van der Waals surface area contributed by atoms with Crippen LogP contribution in [0.3, 0.4) is 0 Å². The number of hydrogen-bond acceptors (Lipinski definition) is 5. The minimum atomic E-state index is -0.202. The van der Waals surface area contributed by atoms with Gasteiger partial charge in [0.15, 0.2) is 5.96 Å². The second-order valence-corrected chi connectivity index (χ2v) is 8.63. The smallest absolute Gasteiger partial charge is 0.409 e. The van der Waals surface area contributed by atoms with Crippen molar-refractivity contribution >= 4 is 36.0 Å². The van der Waals surface area contributed by atoms with Crippen molar-refractivity contribution in [3.8, 4) is 5.75 Å². The topological polar surface area (TPSA) is 78.4 Å². The zero-order valence-electron chi connectivity index (χ0n) is 20.2. The molecule has 9 heteroatoms. The van der Waals surface area contributed by atoms with Gasteiger partial charge in [-0.3, -0.25) is 9.89 Å². The van der Waals surface area contributed by atoms with Gasteiger partial charge in [-0.25, -0.2) is 4.79 Å². The van der Waals surface area contributed by atoms with Gasteiger partial charge in [0.2, 0.25) is 0 Å². The number of nitrogens with zero attached hydrogens (tertiary/aromatic N) is 3. The van der Waals surface area contributed by atoms with E-state index in [1.54, 1.807) is 12.0 Å². The number of methoxy groups -OCH3 is 1. The summed E-state index contributed by atoms with van der Waals surface area (Å²) in [7, 11) is 3.52. The monoisotopic (exact) mass is 573 g/mol. The van der Waals surface area contributed by atoms with Crippen LogP contribution >= 0.6 is 24.0 Å². The van der Waals surface area contributed by atoms with E-state index in [0.29, 0.717) is 18.6 Å². The molecule has 33 heavy (non-hydrogen) atoms. The maximum absolute atomic E-state index is 11.9. The SMILES string of the molecule is CCOC(=O)N1CCC(NC(=NC)NCC2CCN(Cc3ccc(OC)cc3)CC2)CC1.I. The van der Waals surface area contributed by atoms with Crippen molar-refractivity contribution in [2.24, 2.45) is 10.9 Å². The predicted octanol–water partition coefficient (Wildman–Crippen LogP) is 3.31. The van der Waals surface area contributed by atoms with Crippen molar-refractivity contribution in [1.82, 2.24) is 20.4 Å². The average molecular weight is 574 g/mol. The predicted molar refractivity (Wildman–Crippen MR) is 143 cm³/mol. The molecule has 0 saturated carbocycles. The fourth-order valence-corrected chi connectivity index (χ4v) is 4.39. The number of aliphatic imine (C=N–C) groups is 1. The molecule has 0 aliphatic carbocycles. The number of rotatable bonds is 7. The lowest BCUT2D eigenvalue weighted by Crippen LogP contribution is -2.50. The van der Waals surface area contributed by atoms with Crippen molar-refractivity contribution in [2.75, 3.05) is 53.5 Å². The van der Waals surface area contributed by atoms with E-state index >= 15 is 0 Å². The quantitative estimate of drug-likeness (QED) is 0.296. The molecule has 3 rings (SSSR count). The first-order valence-electron chi connectivity index (χ1n) is 11.9. The highest BCUT2D eigenvalue weighted by atomic mass is 127. The van der Waals surface area contributed by atoms with Gasteiger partial charge in [-0.05, 0) is 69.3 Å². The second kappa shape index (κ2) is 14.5. The Kier molecular flexibility index (Phi) is 12.1. The minimum absolute atomic E-state index is 0. The third kappa shape index (κ3) is 8.84. The summed E-state index contributed by atoms with van der Waals surface area (Å²) in [5.41, 5.74) is 1.33. The summed E-state index contributed by atoms with van der Waals surface area (Å²) in [5.74, 6) is 2.43. The number of carbonyl (C=O) groups excluding carboxylic acids is 1. The molecule has 186 valence electrons. The zero-order valence-corrected chi connectivity index (χ0v) is 22.5. The Labute approximate surface area is 215 Å². The minimum Gasteiger partial charge on any atom is -0.497 e. The van der Waals surface area contributed by atoms with Crippen molar-refractivity contribution in [3.05, 3.63) is 29.8 Å². The summed E-state index contributed by atoms with van der Waals surface area (Å²) in [6.45, 7) is 7.89. The summed E-state index contributed by atoms with van der Waals surface area (Å²) in [5, 5.41) is 7.05. The molecule has 2 saturated heterocycles. The van der Waals surface area contributed by atoms with E-state index in [2.05, 4.69) is 32.7 Å². The zero-order chi connectivity index (χ0) is 22.8. The third-order valence-corrected chi connectivity index (χ3v) is 6.42. The Morgan fingerprint density at radius 3 is 2.33 bits per heavy atom. The molecule has 0 unspecified atom stereocenters. The molecular weight excluding hydrogens is 533 g/mol. The third-order valence-electron chi connectivity index (χ3n) is 6.42. The first-order chi connectivity index (χ1) is 15.6. The maximum Gasteiger partial charge on any atom is 0.409 e. The van der Waals surface area contributed by atoms with Crippen molar-refractivity contribution in [2.45, 2.75) is 45.2 Å². The number of hydrogen-bond donors (Lipinski definition) is 2. The van der Waals surface area contributed by atoms with Crippen molar-refractivity contribution < 1.29 is 14.3 Å². The fraction of sp³-hybridized carbons (Fsp3) is 0.667. The number of guanidine groups is 1. The van der Waals surface area contributed by atoms with Gasteiger partial charge >= 0.3 is 6.09 Å². The average Bonchev–Trinajstić information content (AvgIpc) is 2.83. The van der Waals surface area contributed by atoms with Crippen LogP contribution in [0.4, 0.5) is 4.79 Å².